The molecule has 0 amide bonds. The molecule has 4 rings (SSSR count). The molecule has 4 heterocycles. The third-order valence-electron chi connectivity index (χ3n) is 6.41. The van der Waals surface area contributed by atoms with Gasteiger partial charge in [-0.15, -0.1) is 0 Å². The second kappa shape index (κ2) is 11.0. The van der Waals surface area contributed by atoms with Crippen LogP contribution < -0.4 is 21.8 Å². The molecule has 4 nitrogen and oxygen atoms in total. The molecule has 0 N–H and O–H groups in total. The molecule has 0 spiro atoms. The van der Waals surface area contributed by atoms with Gasteiger partial charge in [0, 0.05) is 0 Å². The average molecular weight is 571 g/mol. The second-order valence-corrected chi connectivity index (χ2v) is 24.6. The van der Waals surface area contributed by atoms with Crippen LogP contribution in [0, 0.1) is 0 Å². The fraction of sp³-hybridized carbons (Fsp3) is 0.667. The summed E-state index contributed by atoms with van der Waals surface area (Å²) < 4.78 is 30.5. The van der Waals surface area contributed by atoms with Crippen LogP contribution in [0.1, 0.15) is 59.3 Å². The van der Waals surface area contributed by atoms with Crippen LogP contribution in [-0.4, -0.2) is 44.8 Å². The van der Waals surface area contributed by atoms with Crippen molar-refractivity contribution in [1.82, 2.24) is 0 Å². The molecule has 0 radical (unpaired) electrons. The van der Waals surface area contributed by atoms with E-state index >= 15 is 0 Å². The molecule has 0 bridgehead atoms. The van der Waals surface area contributed by atoms with Crippen molar-refractivity contribution in [2.45, 2.75) is 72.6 Å². The van der Waals surface area contributed by atoms with Crippen LogP contribution in [0.15, 0.2) is 5.38 Å². The fourth-order valence-corrected chi connectivity index (χ4v) is 26.6. The first kappa shape index (κ1) is 23.6. The number of hydrogen-bond acceptors (Lipinski definition) is 6. The van der Waals surface area contributed by atoms with E-state index in [1.165, 1.54) is 56.7 Å². The summed E-state index contributed by atoms with van der Waals surface area (Å²) in [5, 5.41) is 2.08. The van der Waals surface area contributed by atoms with Crippen molar-refractivity contribution in [3.8, 4) is 32.8 Å². The number of fused-ring (bicyclic) bond motifs is 2. The summed E-state index contributed by atoms with van der Waals surface area (Å²) in [5.41, 5.74) is 0. The molecule has 2 aromatic rings. The minimum absolute atomic E-state index is 0.612. The Balaban J connectivity index is 1.82. The first-order valence-electron chi connectivity index (χ1n) is 12.0. The van der Waals surface area contributed by atoms with E-state index in [4.69, 9.17) is 18.9 Å². The predicted octanol–water partition coefficient (Wildman–Crippen LogP) is 7.08. The molecule has 0 aliphatic carbocycles. The van der Waals surface area contributed by atoms with Crippen molar-refractivity contribution in [3.63, 3.8) is 0 Å². The molecule has 2 aliphatic heterocycles. The van der Waals surface area contributed by atoms with Gasteiger partial charge in [-0.2, -0.15) is 0 Å². The van der Waals surface area contributed by atoms with Crippen molar-refractivity contribution in [2.75, 3.05) is 26.4 Å². The van der Waals surface area contributed by atoms with E-state index < -0.39 is 18.4 Å². The summed E-state index contributed by atoms with van der Waals surface area (Å²) in [6, 6.07) is 0. The van der Waals surface area contributed by atoms with Crippen LogP contribution in [0.4, 0.5) is 0 Å². The maximum atomic E-state index is 6.39. The number of thiophene rings is 2. The van der Waals surface area contributed by atoms with Crippen LogP contribution in [0.25, 0.3) is 9.75 Å². The van der Waals surface area contributed by atoms with Crippen molar-refractivity contribution in [3.05, 3.63) is 5.38 Å². The molecule has 0 saturated heterocycles. The molecule has 0 saturated carbocycles. The molecule has 172 valence electrons. The Morgan fingerprint density at radius 2 is 1.26 bits per heavy atom. The Morgan fingerprint density at radius 1 is 0.710 bits per heavy atom. The van der Waals surface area contributed by atoms with Crippen LogP contribution in [-0.2, 0) is 0 Å². The monoisotopic (exact) mass is 572 g/mol. The third kappa shape index (κ3) is 4.86. The second-order valence-electron chi connectivity index (χ2n) is 8.66. The summed E-state index contributed by atoms with van der Waals surface area (Å²) >= 11 is 1.05. The summed E-state index contributed by atoms with van der Waals surface area (Å²) in [7, 11) is 0. The van der Waals surface area contributed by atoms with E-state index in [9.17, 15) is 0 Å². The molecule has 0 fully saturated rings. The van der Waals surface area contributed by atoms with Gasteiger partial charge in [0.15, 0.2) is 0 Å². The molecule has 31 heavy (non-hydrogen) atoms. The van der Waals surface area contributed by atoms with Gasteiger partial charge in [0.25, 0.3) is 0 Å². The molecular formula is C24H36O4S2Sn. The summed E-state index contributed by atoms with van der Waals surface area (Å²) in [6.07, 6.45) is 7.86. The molecule has 2 aliphatic rings. The first-order valence-corrected chi connectivity index (χ1v) is 21.2. The summed E-state index contributed by atoms with van der Waals surface area (Å²) in [4.78, 5) is 2.38. The van der Waals surface area contributed by atoms with Crippen LogP contribution in [0.2, 0.25) is 13.3 Å². The van der Waals surface area contributed by atoms with Gasteiger partial charge in [0.05, 0.1) is 0 Å². The van der Waals surface area contributed by atoms with E-state index in [2.05, 4.69) is 26.2 Å². The number of hydrogen-bond donors (Lipinski definition) is 0. The van der Waals surface area contributed by atoms with Crippen molar-refractivity contribution in [1.29, 1.82) is 0 Å². The van der Waals surface area contributed by atoms with E-state index in [-0.39, 0.29) is 0 Å². The molecule has 0 unspecified atom stereocenters. The predicted molar refractivity (Wildman–Crippen MR) is 134 cm³/mol. The van der Waals surface area contributed by atoms with Gasteiger partial charge in [0.2, 0.25) is 0 Å². The van der Waals surface area contributed by atoms with Gasteiger partial charge in [0.1, 0.15) is 0 Å². The van der Waals surface area contributed by atoms with Crippen molar-refractivity contribution < 1.29 is 18.9 Å². The number of rotatable bonds is 11. The van der Waals surface area contributed by atoms with Gasteiger partial charge < -0.3 is 0 Å². The number of ether oxygens (including phenoxy) is 4. The molecule has 0 atom stereocenters. The van der Waals surface area contributed by atoms with Crippen LogP contribution in [0.3, 0.4) is 0 Å². The van der Waals surface area contributed by atoms with Gasteiger partial charge in [-0.1, -0.05) is 0 Å². The first-order chi connectivity index (χ1) is 15.2. The quantitative estimate of drug-likeness (QED) is 0.271. The zero-order valence-corrected chi connectivity index (χ0v) is 23.7. The van der Waals surface area contributed by atoms with E-state index in [0.717, 1.165) is 27.9 Å². The Labute approximate surface area is 199 Å². The summed E-state index contributed by atoms with van der Waals surface area (Å²) in [6.45, 7) is 9.53. The van der Waals surface area contributed by atoms with Gasteiger partial charge in [-0.25, -0.2) is 0 Å². The Hall–Kier alpha value is -0.601. The Bertz CT molecular complexity index is 838. The maximum absolute atomic E-state index is 6.39. The Morgan fingerprint density at radius 3 is 1.87 bits per heavy atom. The van der Waals surface area contributed by atoms with Crippen molar-refractivity contribution >= 4 is 43.9 Å². The SMILES string of the molecule is CCC[CH2][Sn]([CH2]CCC)([CH2]CCC)[c]1sc(-c2scc3c2OCCO3)c2c1OCCO2. The third-order valence-corrected chi connectivity index (χ3v) is 26.9. The van der Waals surface area contributed by atoms with Crippen LogP contribution >= 0.6 is 22.7 Å². The fourth-order valence-electron chi connectivity index (χ4n) is 4.73. The molecular weight excluding hydrogens is 535 g/mol. The standard InChI is InChI=1S/C12H9O4S2.3C4H9.Sn/c1-3-15-9-7(13-1)5-17-11(9)12-10-8(6-18-12)14-2-4-16-10;3*1-3-4-2;/h5H,1-4H2;3*1,3-4H2,2H3;. The zero-order valence-electron chi connectivity index (χ0n) is 19.2. The Kier molecular flexibility index (Phi) is 8.37. The molecule has 0 aromatic carbocycles. The van der Waals surface area contributed by atoms with Crippen LogP contribution in [0.5, 0.6) is 23.0 Å². The normalized spacial score (nSPS) is 15.3. The molecule has 7 heteroatoms. The molecule has 2 aromatic heterocycles. The van der Waals surface area contributed by atoms with Gasteiger partial charge >= 0.3 is 200 Å². The van der Waals surface area contributed by atoms with E-state index in [1.54, 1.807) is 14.2 Å². The van der Waals surface area contributed by atoms with Crippen molar-refractivity contribution in [2.24, 2.45) is 0 Å². The van der Waals surface area contributed by atoms with Gasteiger partial charge in [-0.05, 0) is 0 Å². The zero-order chi connectivity index (χ0) is 21.7. The number of unbranched alkanes of at least 4 members (excludes halogenated alkanes) is 3. The van der Waals surface area contributed by atoms with Gasteiger partial charge in [-0.3, -0.25) is 0 Å². The average Bonchev–Trinajstić information content (AvgIpc) is 3.41. The summed E-state index contributed by atoms with van der Waals surface area (Å²) in [5.74, 6) is 3.86. The van der Waals surface area contributed by atoms with E-state index in [1.807, 2.05) is 11.3 Å². The minimum atomic E-state index is -2.65. The topological polar surface area (TPSA) is 36.9 Å². The van der Waals surface area contributed by atoms with E-state index in [0.29, 0.717) is 26.4 Å².